The zero-order valence-electron chi connectivity index (χ0n) is 21.2. The van der Waals surface area contributed by atoms with Gasteiger partial charge in [0.15, 0.2) is 0 Å². The van der Waals surface area contributed by atoms with Gasteiger partial charge in [0.05, 0.1) is 12.1 Å². The van der Waals surface area contributed by atoms with Crippen molar-refractivity contribution in [3.63, 3.8) is 0 Å². The van der Waals surface area contributed by atoms with E-state index < -0.39 is 30.0 Å². The Bertz CT molecular complexity index is 1170. The maximum Gasteiger partial charge on any atom is 0.320 e. The number of aromatic amines is 1. The van der Waals surface area contributed by atoms with E-state index in [4.69, 9.17) is 0 Å². The highest BCUT2D eigenvalue weighted by molar-refractivity contribution is 5.91. The Kier molecular flexibility index (Phi) is 9.25. The molecule has 0 fully saturated rings. The Balaban J connectivity index is 1.79. The number of benzene rings is 2. The van der Waals surface area contributed by atoms with Gasteiger partial charge in [-0.05, 0) is 49.8 Å². The molecule has 8 heteroatoms. The summed E-state index contributed by atoms with van der Waals surface area (Å²) < 4.78 is 0. The molecule has 0 spiro atoms. The number of rotatable bonds is 12. The third-order valence-corrected chi connectivity index (χ3v) is 6.24. The van der Waals surface area contributed by atoms with Crippen LogP contribution in [0.3, 0.4) is 0 Å². The van der Waals surface area contributed by atoms with Crippen molar-refractivity contribution in [2.45, 2.75) is 64.7 Å². The van der Waals surface area contributed by atoms with Crippen molar-refractivity contribution in [2.75, 3.05) is 0 Å². The summed E-state index contributed by atoms with van der Waals surface area (Å²) in [4.78, 5) is 41.4. The van der Waals surface area contributed by atoms with Gasteiger partial charge in [0.2, 0.25) is 11.8 Å². The highest BCUT2D eigenvalue weighted by Crippen LogP contribution is 2.20. The van der Waals surface area contributed by atoms with Crippen LogP contribution in [0.1, 0.15) is 51.3 Å². The molecular weight excluding hydrogens is 456 g/mol. The van der Waals surface area contributed by atoms with E-state index in [1.54, 1.807) is 0 Å². The van der Waals surface area contributed by atoms with E-state index in [-0.39, 0.29) is 24.3 Å². The van der Waals surface area contributed by atoms with E-state index in [1.807, 2.05) is 81.6 Å². The lowest BCUT2D eigenvalue weighted by Crippen LogP contribution is -2.56. The second-order valence-electron chi connectivity index (χ2n) is 9.67. The normalized spacial score (nSPS) is 14.7. The van der Waals surface area contributed by atoms with Crippen molar-refractivity contribution in [3.8, 4) is 0 Å². The number of para-hydroxylation sites is 1. The van der Waals surface area contributed by atoms with E-state index in [2.05, 4.69) is 20.9 Å². The van der Waals surface area contributed by atoms with Crippen LogP contribution in [0.2, 0.25) is 0 Å². The van der Waals surface area contributed by atoms with Crippen LogP contribution >= 0.6 is 0 Å². The first-order chi connectivity index (χ1) is 17.2. The summed E-state index contributed by atoms with van der Waals surface area (Å²) in [6.45, 7) is 7.37. The van der Waals surface area contributed by atoms with Gasteiger partial charge in [-0.15, -0.1) is 0 Å². The first-order valence-corrected chi connectivity index (χ1v) is 12.3. The lowest BCUT2D eigenvalue weighted by Gasteiger charge is -2.26. The van der Waals surface area contributed by atoms with Crippen LogP contribution in [0.25, 0.3) is 10.9 Å². The highest BCUT2D eigenvalue weighted by atomic mass is 16.4. The molecule has 2 aromatic carbocycles. The molecule has 192 valence electrons. The van der Waals surface area contributed by atoms with Gasteiger partial charge in [0, 0.05) is 17.1 Å². The van der Waals surface area contributed by atoms with Gasteiger partial charge in [0.1, 0.15) is 12.1 Å². The van der Waals surface area contributed by atoms with E-state index in [9.17, 15) is 19.5 Å². The zero-order chi connectivity index (χ0) is 26.2. The van der Waals surface area contributed by atoms with Crippen molar-refractivity contribution >= 4 is 28.7 Å². The standard InChI is InChI=1S/C28H36N4O4/c1-17(2)14-24(26(33)31-18(3)20-10-6-5-7-11-20)32-27(34)25(30-19(4)28(35)36)15-21-16-29-23-13-9-8-12-22(21)23/h5-13,16-19,24-25,29-30H,14-15H2,1-4H3,(H,31,33)(H,32,34)(H,35,36)/t18-,19+,24-,25-/m0/s1. The minimum absolute atomic E-state index is 0.158. The SMILES string of the molecule is CC(C)C[C@H](NC(=O)[C@H](Cc1c[nH]c2ccccc12)N[C@H](C)C(=O)O)C(=O)N[C@@H](C)c1ccccc1. The molecule has 2 amide bonds. The van der Waals surface area contributed by atoms with Gasteiger partial charge < -0.3 is 20.7 Å². The molecule has 3 rings (SSSR count). The van der Waals surface area contributed by atoms with Gasteiger partial charge in [-0.3, -0.25) is 19.7 Å². The molecule has 5 N–H and O–H groups in total. The summed E-state index contributed by atoms with van der Waals surface area (Å²) >= 11 is 0. The van der Waals surface area contributed by atoms with Crippen molar-refractivity contribution in [1.29, 1.82) is 0 Å². The largest absolute Gasteiger partial charge is 0.480 e. The maximum absolute atomic E-state index is 13.5. The smallest absolute Gasteiger partial charge is 0.320 e. The van der Waals surface area contributed by atoms with Crippen LogP contribution in [-0.2, 0) is 20.8 Å². The molecule has 0 unspecified atom stereocenters. The fourth-order valence-electron chi connectivity index (χ4n) is 4.24. The number of aromatic nitrogens is 1. The van der Waals surface area contributed by atoms with Crippen molar-refractivity contribution in [1.82, 2.24) is 20.9 Å². The number of H-pyrrole nitrogens is 1. The fraction of sp³-hybridized carbons (Fsp3) is 0.393. The number of hydrogen-bond donors (Lipinski definition) is 5. The number of amides is 2. The fourth-order valence-corrected chi connectivity index (χ4v) is 4.24. The quantitative estimate of drug-likeness (QED) is 0.265. The molecule has 0 saturated carbocycles. The molecule has 0 aliphatic rings. The van der Waals surface area contributed by atoms with Crippen molar-refractivity contribution in [2.24, 2.45) is 5.92 Å². The second kappa shape index (κ2) is 12.4. The molecule has 8 nitrogen and oxygen atoms in total. The third kappa shape index (κ3) is 7.18. The van der Waals surface area contributed by atoms with E-state index in [1.165, 1.54) is 6.92 Å². The first kappa shape index (κ1) is 26.9. The van der Waals surface area contributed by atoms with E-state index >= 15 is 0 Å². The third-order valence-electron chi connectivity index (χ3n) is 6.24. The molecule has 0 radical (unpaired) electrons. The van der Waals surface area contributed by atoms with Crippen LogP contribution in [0.5, 0.6) is 0 Å². The minimum atomic E-state index is -1.06. The second-order valence-corrected chi connectivity index (χ2v) is 9.67. The van der Waals surface area contributed by atoms with Crippen LogP contribution in [0, 0.1) is 5.92 Å². The van der Waals surface area contributed by atoms with Gasteiger partial charge in [-0.25, -0.2) is 0 Å². The van der Waals surface area contributed by atoms with Crippen LogP contribution in [0.15, 0.2) is 60.8 Å². The number of carboxylic acid groups (broad SMARTS) is 1. The number of carbonyl (C=O) groups is 3. The number of nitrogens with one attached hydrogen (secondary N) is 4. The summed E-state index contributed by atoms with van der Waals surface area (Å²) in [6.07, 6.45) is 2.55. The molecular formula is C28H36N4O4. The van der Waals surface area contributed by atoms with Crippen LogP contribution in [-0.4, -0.2) is 46.0 Å². The summed E-state index contributed by atoms with van der Waals surface area (Å²) in [5, 5.41) is 19.2. The zero-order valence-corrected chi connectivity index (χ0v) is 21.2. The lowest BCUT2D eigenvalue weighted by molar-refractivity contribution is -0.139. The first-order valence-electron chi connectivity index (χ1n) is 12.3. The van der Waals surface area contributed by atoms with Gasteiger partial charge >= 0.3 is 5.97 Å². The average molecular weight is 493 g/mol. The average Bonchev–Trinajstić information content (AvgIpc) is 3.26. The molecule has 4 atom stereocenters. The Morgan fingerprint density at radius 2 is 1.50 bits per heavy atom. The van der Waals surface area contributed by atoms with E-state index in [0.29, 0.717) is 6.42 Å². The molecule has 1 heterocycles. The Morgan fingerprint density at radius 3 is 2.17 bits per heavy atom. The van der Waals surface area contributed by atoms with Gasteiger partial charge in [0.25, 0.3) is 0 Å². The topological polar surface area (TPSA) is 123 Å². The van der Waals surface area contributed by atoms with Gasteiger partial charge in [-0.2, -0.15) is 0 Å². The highest BCUT2D eigenvalue weighted by Gasteiger charge is 2.29. The molecule has 36 heavy (non-hydrogen) atoms. The lowest BCUT2D eigenvalue weighted by atomic mass is 10.00. The predicted octanol–water partition coefficient (Wildman–Crippen LogP) is 3.55. The number of aliphatic carboxylic acids is 1. The number of hydrogen-bond acceptors (Lipinski definition) is 4. The summed E-state index contributed by atoms with van der Waals surface area (Å²) in [6, 6.07) is 14.6. The Hall–Kier alpha value is -3.65. The predicted molar refractivity (Wildman–Crippen MR) is 140 cm³/mol. The molecule has 1 aromatic heterocycles. The molecule has 3 aromatic rings. The van der Waals surface area contributed by atoms with Crippen LogP contribution in [0.4, 0.5) is 0 Å². The van der Waals surface area contributed by atoms with Crippen LogP contribution < -0.4 is 16.0 Å². The summed E-state index contributed by atoms with van der Waals surface area (Å²) in [5.41, 5.74) is 2.79. The van der Waals surface area contributed by atoms with Gasteiger partial charge in [-0.1, -0.05) is 62.4 Å². The van der Waals surface area contributed by atoms with E-state index in [0.717, 1.165) is 22.0 Å². The molecule has 0 aliphatic carbocycles. The summed E-state index contributed by atoms with van der Waals surface area (Å²) in [5.74, 6) is -1.59. The number of carboxylic acids is 1. The summed E-state index contributed by atoms with van der Waals surface area (Å²) in [7, 11) is 0. The Morgan fingerprint density at radius 1 is 0.861 bits per heavy atom. The molecule has 0 saturated heterocycles. The monoisotopic (exact) mass is 492 g/mol. The number of fused-ring (bicyclic) bond motifs is 1. The maximum atomic E-state index is 13.5. The van der Waals surface area contributed by atoms with Crippen molar-refractivity contribution in [3.05, 3.63) is 71.9 Å². The minimum Gasteiger partial charge on any atom is -0.480 e. The Labute approximate surface area is 211 Å². The van der Waals surface area contributed by atoms with Crippen molar-refractivity contribution < 1.29 is 19.5 Å². The molecule has 0 bridgehead atoms. The number of carbonyl (C=O) groups excluding carboxylic acids is 2. The molecule has 0 aliphatic heterocycles.